The van der Waals surface area contributed by atoms with Crippen molar-refractivity contribution in [3.05, 3.63) is 32.8 Å². The van der Waals surface area contributed by atoms with E-state index in [1.807, 2.05) is 0 Å². The molecule has 1 N–H and O–H groups in total. The van der Waals surface area contributed by atoms with Crippen LogP contribution in [0.4, 0.5) is 0 Å². The minimum Gasteiger partial charge on any atom is -0.469 e. The maximum Gasteiger partial charge on any atom is 0.305 e. The first-order chi connectivity index (χ1) is 9.43. The monoisotopic (exact) mass is 283 g/mol. The maximum atomic E-state index is 11.8. The number of rotatable bonds is 6. The Morgan fingerprint density at radius 2 is 2.05 bits per heavy atom. The van der Waals surface area contributed by atoms with Gasteiger partial charge in [0.1, 0.15) is 6.54 Å². The summed E-state index contributed by atoms with van der Waals surface area (Å²) in [5.41, 5.74) is -0.911. The summed E-state index contributed by atoms with van der Waals surface area (Å²) in [6.45, 7) is 0.114. The Labute approximate surface area is 114 Å². The lowest BCUT2D eigenvalue weighted by Crippen LogP contribution is -2.37. The van der Waals surface area contributed by atoms with E-state index < -0.39 is 11.1 Å². The summed E-state index contributed by atoms with van der Waals surface area (Å²) >= 11 is 0. The fourth-order valence-corrected chi connectivity index (χ4v) is 1.52. The SMILES string of the molecule is COC(=O)CCCN(C)C(=O)Cn1[nH]c(=O)ccc1=O. The quantitative estimate of drug-likeness (QED) is 0.671. The van der Waals surface area contributed by atoms with Crippen LogP contribution < -0.4 is 11.1 Å². The molecule has 0 saturated heterocycles. The molecule has 0 aliphatic rings. The second kappa shape index (κ2) is 7.27. The van der Waals surface area contributed by atoms with Crippen molar-refractivity contribution in [2.75, 3.05) is 20.7 Å². The van der Waals surface area contributed by atoms with E-state index in [-0.39, 0.29) is 24.8 Å². The lowest BCUT2D eigenvalue weighted by Gasteiger charge is -2.17. The van der Waals surface area contributed by atoms with Crippen LogP contribution in [0.3, 0.4) is 0 Å². The van der Waals surface area contributed by atoms with Crippen molar-refractivity contribution in [1.29, 1.82) is 0 Å². The number of carbonyl (C=O) groups excluding carboxylic acids is 2. The summed E-state index contributed by atoms with van der Waals surface area (Å²) in [5.74, 6) is -0.673. The molecule has 110 valence electrons. The zero-order valence-corrected chi connectivity index (χ0v) is 11.4. The molecule has 8 nitrogen and oxygen atoms in total. The van der Waals surface area contributed by atoms with Gasteiger partial charge in [0.05, 0.1) is 7.11 Å². The Bertz CT molecular complexity index is 589. The molecular formula is C12H17N3O5. The predicted molar refractivity (Wildman–Crippen MR) is 70.2 cm³/mol. The lowest BCUT2D eigenvalue weighted by atomic mass is 10.3. The molecule has 1 aromatic heterocycles. The van der Waals surface area contributed by atoms with Crippen LogP contribution in [0.5, 0.6) is 0 Å². The first kappa shape index (κ1) is 15.7. The third-order valence-electron chi connectivity index (χ3n) is 2.71. The number of methoxy groups -OCH3 is 1. The van der Waals surface area contributed by atoms with Gasteiger partial charge in [0.25, 0.3) is 11.1 Å². The van der Waals surface area contributed by atoms with Crippen LogP contribution in [0, 0.1) is 0 Å². The Balaban J connectivity index is 2.53. The number of amides is 1. The summed E-state index contributed by atoms with van der Waals surface area (Å²) in [4.78, 5) is 46.7. The highest BCUT2D eigenvalue weighted by Gasteiger charge is 2.11. The van der Waals surface area contributed by atoms with Gasteiger partial charge >= 0.3 is 5.97 Å². The molecule has 1 aromatic rings. The number of carbonyl (C=O) groups is 2. The zero-order valence-electron chi connectivity index (χ0n) is 11.4. The van der Waals surface area contributed by atoms with E-state index in [4.69, 9.17) is 0 Å². The number of aromatic amines is 1. The zero-order chi connectivity index (χ0) is 15.1. The number of H-pyrrole nitrogens is 1. The van der Waals surface area contributed by atoms with Crippen LogP contribution in [-0.4, -0.2) is 47.3 Å². The van der Waals surface area contributed by atoms with Crippen LogP contribution in [0.1, 0.15) is 12.8 Å². The molecule has 0 radical (unpaired) electrons. The molecule has 1 heterocycles. The molecule has 0 aliphatic heterocycles. The van der Waals surface area contributed by atoms with Crippen molar-refractivity contribution < 1.29 is 14.3 Å². The van der Waals surface area contributed by atoms with E-state index in [9.17, 15) is 19.2 Å². The second-order valence-corrected chi connectivity index (χ2v) is 4.23. The second-order valence-electron chi connectivity index (χ2n) is 4.23. The van der Waals surface area contributed by atoms with Crippen LogP contribution in [0.25, 0.3) is 0 Å². The van der Waals surface area contributed by atoms with Crippen molar-refractivity contribution in [2.45, 2.75) is 19.4 Å². The molecule has 8 heteroatoms. The van der Waals surface area contributed by atoms with E-state index in [1.165, 1.54) is 12.0 Å². The molecule has 0 atom stereocenters. The van der Waals surface area contributed by atoms with Gasteiger partial charge in [-0.1, -0.05) is 0 Å². The normalized spacial score (nSPS) is 10.1. The van der Waals surface area contributed by atoms with Gasteiger partial charge in [0.2, 0.25) is 5.91 Å². The van der Waals surface area contributed by atoms with Crippen molar-refractivity contribution >= 4 is 11.9 Å². The maximum absolute atomic E-state index is 11.8. The summed E-state index contributed by atoms with van der Waals surface area (Å²) in [6.07, 6.45) is 0.686. The van der Waals surface area contributed by atoms with E-state index in [0.717, 1.165) is 16.8 Å². The number of aromatic nitrogens is 2. The average molecular weight is 283 g/mol. The summed E-state index contributed by atoms with van der Waals surface area (Å²) in [6, 6.07) is 2.20. The van der Waals surface area contributed by atoms with Gasteiger partial charge in [-0.2, -0.15) is 0 Å². The van der Waals surface area contributed by atoms with E-state index >= 15 is 0 Å². The van der Waals surface area contributed by atoms with Crippen LogP contribution >= 0.6 is 0 Å². The Hall–Kier alpha value is -2.38. The number of hydrogen-bond donors (Lipinski definition) is 1. The van der Waals surface area contributed by atoms with Gasteiger partial charge in [0, 0.05) is 32.1 Å². The van der Waals surface area contributed by atoms with Gasteiger partial charge in [-0.3, -0.25) is 24.3 Å². The molecule has 0 fully saturated rings. The fourth-order valence-electron chi connectivity index (χ4n) is 1.52. The van der Waals surface area contributed by atoms with E-state index in [1.54, 1.807) is 7.05 Å². The third kappa shape index (κ3) is 4.71. The molecule has 0 spiro atoms. The van der Waals surface area contributed by atoms with Crippen LogP contribution in [0.15, 0.2) is 21.7 Å². The van der Waals surface area contributed by atoms with E-state index in [0.29, 0.717) is 13.0 Å². The first-order valence-electron chi connectivity index (χ1n) is 6.05. The van der Waals surface area contributed by atoms with Crippen LogP contribution in [-0.2, 0) is 20.9 Å². The van der Waals surface area contributed by atoms with E-state index in [2.05, 4.69) is 9.84 Å². The standard InChI is InChI=1S/C12H17N3O5/c1-14(7-3-4-12(19)20-2)11(18)8-15-10(17)6-5-9(16)13-15/h5-6H,3-4,7-8H2,1-2H3,(H,13,16). The molecule has 1 rings (SSSR count). The molecule has 0 bridgehead atoms. The van der Waals surface area contributed by atoms with Crippen molar-refractivity contribution in [3.63, 3.8) is 0 Å². The number of hydrogen-bond acceptors (Lipinski definition) is 5. The van der Waals surface area contributed by atoms with Crippen molar-refractivity contribution in [2.24, 2.45) is 0 Å². The minimum atomic E-state index is -0.457. The smallest absolute Gasteiger partial charge is 0.305 e. The number of esters is 1. The highest BCUT2D eigenvalue weighted by atomic mass is 16.5. The summed E-state index contributed by atoms with van der Waals surface area (Å²) < 4.78 is 5.44. The Kier molecular flexibility index (Phi) is 5.70. The van der Waals surface area contributed by atoms with Gasteiger partial charge in [-0.15, -0.1) is 0 Å². The predicted octanol–water partition coefficient (Wildman–Crippen LogP) is -1.05. The molecule has 0 aliphatic carbocycles. The first-order valence-corrected chi connectivity index (χ1v) is 6.05. The molecule has 20 heavy (non-hydrogen) atoms. The molecule has 0 unspecified atom stereocenters. The van der Waals surface area contributed by atoms with Gasteiger partial charge in [-0.25, -0.2) is 4.68 Å². The molecular weight excluding hydrogens is 266 g/mol. The number of nitrogens with zero attached hydrogens (tertiary/aromatic N) is 2. The van der Waals surface area contributed by atoms with Gasteiger partial charge < -0.3 is 9.64 Å². The van der Waals surface area contributed by atoms with Crippen molar-refractivity contribution in [3.8, 4) is 0 Å². The van der Waals surface area contributed by atoms with Gasteiger partial charge in [-0.05, 0) is 6.42 Å². The fraction of sp³-hybridized carbons (Fsp3) is 0.500. The summed E-state index contributed by atoms with van der Waals surface area (Å²) in [7, 11) is 2.86. The summed E-state index contributed by atoms with van der Waals surface area (Å²) in [5, 5.41) is 2.27. The molecule has 0 saturated carbocycles. The van der Waals surface area contributed by atoms with Crippen molar-refractivity contribution in [1.82, 2.24) is 14.7 Å². The molecule has 0 aromatic carbocycles. The number of likely N-dealkylation sites (N-methyl/N-ethyl adjacent to an activating group) is 1. The average Bonchev–Trinajstić information content (AvgIpc) is 2.42. The topological polar surface area (TPSA) is 101 Å². The third-order valence-corrected chi connectivity index (χ3v) is 2.71. The highest BCUT2D eigenvalue weighted by molar-refractivity contribution is 5.75. The number of nitrogens with one attached hydrogen (secondary N) is 1. The number of ether oxygens (including phenoxy) is 1. The highest BCUT2D eigenvalue weighted by Crippen LogP contribution is 1.96. The minimum absolute atomic E-state index is 0.218. The Morgan fingerprint density at radius 1 is 1.35 bits per heavy atom. The lowest BCUT2D eigenvalue weighted by molar-refractivity contribution is -0.141. The Morgan fingerprint density at radius 3 is 2.70 bits per heavy atom. The molecule has 1 amide bonds. The largest absolute Gasteiger partial charge is 0.469 e. The van der Waals surface area contributed by atoms with Crippen LogP contribution in [0.2, 0.25) is 0 Å². The van der Waals surface area contributed by atoms with Gasteiger partial charge in [0.15, 0.2) is 0 Å².